The lowest BCUT2D eigenvalue weighted by atomic mass is 9.80. The van der Waals surface area contributed by atoms with Crippen molar-refractivity contribution in [2.45, 2.75) is 18.9 Å². The average molecular weight is 393 g/mol. The number of amides is 1. The highest BCUT2D eigenvalue weighted by atomic mass is 16.5. The highest BCUT2D eigenvalue weighted by Gasteiger charge is 2.34. The van der Waals surface area contributed by atoms with Crippen LogP contribution >= 0.6 is 0 Å². The summed E-state index contributed by atoms with van der Waals surface area (Å²) in [7, 11) is 1.69. The van der Waals surface area contributed by atoms with Crippen LogP contribution in [0, 0.1) is 0 Å². The van der Waals surface area contributed by atoms with E-state index in [0.717, 1.165) is 22.6 Å². The van der Waals surface area contributed by atoms with Gasteiger partial charge in [-0.1, -0.05) is 78.9 Å². The van der Waals surface area contributed by atoms with E-state index in [4.69, 9.17) is 4.74 Å². The predicted molar refractivity (Wildman–Crippen MR) is 121 cm³/mol. The zero-order valence-corrected chi connectivity index (χ0v) is 16.9. The van der Waals surface area contributed by atoms with Crippen molar-refractivity contribution >= 4 is 22.4 Å². The minimum absolute atomic E-state index is 0.0400. The van der Waals surface area contributed by atoms with Crippen molar-refractivity contribution in [2.24, 2.45) is 0 Å². The summed E-state index contributed by atoms with van der Waals surface area (Å²) in [4.78, 5) is 15.3. The summed E-state index contributed by atoms with van der Waals surface area (Å²) in [6.45, 7) is 0.573. The number of ether oxygens (including phenoxy) is 1. The smallest absolute Gasteiger partial charge is 0.228 e. The van der Waals surface area contributed by atoms with E-state index in [0.29, 0.717) is 13.0 Å². The number of hydrogen-bond acceptors (Lipinski definition) is 2. The number of benzene rings is 4. The van der Waals surface area contributed by atoms with Crippen LogP contribution in [0.3, 0.4) is 0 Å². The Morgan fingerprint density at radius 3 is 2.43 bits per heavy atom. The van der Waals surface area contributed by atoms with E-state index >= 15 is 0 Å². The Morgan fingerprint density at radius 2 is 1.60 bits per heavy atom. The third-order valence-corrected chi connectivity index (χ3v) is 5.96. The summed E-state index contributed by atoms with van der Waals surface area (Å²) in [6.07, 6.45) is 0.425. The second-order valence-electron chi connectivity index (χ2n) is 7.68. The highest BCUT2D eigenvalue weighted by molar-refractivity contribution is 6.03. The third kappa shape index (κ3) is 3.13. The van der Waals surface area contributed by atoms with Gasteiger partial charge in [-0.3, -0.25) is 4.79 Å². The molecule has 0 N–H and O–H groups in total. The third-order valence-electron chi connectivity index (χ3n) is 5.96. The van der Waals surface area contributed by atoms with E-state index in [2.05, 4.69) is 54.6 Å². The second-order valence-corrected chi connectivity index (χ2v) is 7.68. The van der Waals surface area contributed by atoms with Crippen molar-refractivity contribution in [3.63, 3.8) is 0 Å². The quantitative estimate of drug-likeness (QED) is 0.431. The Labute approximate surface area is 176 Å². The van der Waals surface area contributed by atoms with Crippen LogP contribution in [-0.2, 0) is 11.3 Å². The number of carbonyl (C=O) groups excluding carboxylic acids is 1. The largest absolute Gasteiger partial charge is 0.496 e. The van der Waals surface area contributed by atoms with Crippen LogP contribution in [0.25, 0.3) is 10.8 Å². The number of rotatable bonds is 4. The van der Waals surface area contributed by atoms with Gasteiger partial charge in [0.25, 0.3) is 0 Å². The monoisotopic (exact) mass is 393 g/mol. The first-order chi connectivity index (χ1) is 14.8. The van der Waals surface area contributed by atoms with Crippen LogP contribution in [0.2, 0.25) is 0 Å². The molecule has 0 aromatic heterocycles. The maximum Gasteiger partial charge on any atom is 0.228 e. The maximum atomic E-state index is 13.4. The van der Waals surface area contributed by atoms with Gasteiger partial charge in [0.05, 0.1) is 13.7 Å². The fourth-order valence-electron chi connectivity index (χ4n) is 4.57. The zero-order chi connectivity index (χ0) is 20.5. The van der Waals surface area contributed by atoms with Gasteiger partial charge in [-0.2, -0.15) is 0 Å². The van der Waals surface area contributed by atoms with Crippen LogP contribution in [0.1, 0.15) is 29.0 Å². The summed E-state index contributed by atoms with van der Waals surface area (Å²) in [5.74, 6) is 0.921. The Balaban J connectivity index is 1.71. The highest BCUT2D eigenvalue weighted by Crippen LogP contribution is 2.46. The number of para-hydroxylation sites is 1. The lowest BCUT2D eigenvalue weighted by molar-refractivity contribution is -0.119. The van der Waals surface area contributed by atoms with E-state index in [1.165, 1.54) is 16.3 Å². The number of methoxy groups -OCH3 is 1. The van der Waals surface area contributed by atoms with Gasteiger partial charge in [0.2, 0.25) is 5.91 Å². The average Bonchev–Trinajstić information content (AvgIpc) is 2.81. The number of fused-ring (bicyclic) bond motifs is 3. The molecule has 4 aromatic rings. The minimum Gasteiger partial charge on any atom is -0.496 e. The van der Waals surface area contributed by atoms with Crippen LogP contribution in [-0.4, -0.2) is 13.0 Å². The van der Waals surface area contributed by atoms with E-state index in [9.17, 15) is 4.79 Å². The van der Waals surface area contributed by atoms with Gasteiger partial charge < -0.3 is 9.64 Å². The van der Waals surface area contributed by atoms with Crippen molar-refractivity contribution in [1.29, 1.82) is 0 Å². The van der Waals surface area contributed by atoms with Crippen molar-refractivity contribution in [2.75, 3.05) is 12.0 Å². The fraction of sp³-hybridized carbons (Fsp3) is 0.148. The number of nitrogens with zero attached hydrogens (tertiary/aromatic N) is 1. The Bertz CT molecular complexity index is 1220. The topological polar surface area (TPSA) is 29.5 Å². The first kappa shape index (κ1) is 18.4. The molecule has 1 atom stereocenters. The normalized spacial score (nSPS) is 15.8. The lowest BCUT2D eigenvalue weighted by Crippen LogP contribution is -2.36. The van der Waals surface area contributed by atoms with Crippen molar-refractivity contribution < 1.29 is 9.53 Å². The second kappa shape index (κ2) is 7.68. The molecule has 0 saturated heterocycles. The van der Waals surface area contributed by atoms with Gasteiger partial charge in [-0.25, -0.2) is 0 Å². The zero-order valence-electron chi connectivity index (χ0n) is 16.9. The molecule has 1 aliphatic rings. The molecule has 0 aliphatic carbocycles. The van der Waals surface area contributed by atoms with Crippen LogP contribution < -0.4 is 9.64 Å². The molecule has 0 fully saturated rings. The van der Waals surface area contributed by atoms with Gasteiger partial charge in [-0.15, -0.1) is 0 Å². The molecule has 0 radical (unpaired) electrons. The SMILES string of the molecule is COc1ccccc1C1CC(=O)N(Cc2ccccc2)c2ccc3ccccc3c21. The minimum atomic E-state index is -0.0400. The molecule has 1 unspecified atom stereocenters. The summed E-state index contributed by atoms with van der Waals surface area (Å²) < 4.78 is 5.66. The summed E-state index contributed by atoms with van der Waals surface area (Å²) >= 11 is 0. The molecule has 1 aliphatic heterocycles. The van der Waals surface area contributed by atoms with Crippen molar-refractivity contribution in [3.05, 3.63) is 108 Å². The fourth-order valence-corrected chi connectivity index (χ4v) is 4.57. The van der Waals surface area contributed by atoms with Gasteiger partial charge in [0, 0.05) is 23.6 Å². The van der Waals surface area contributed by atoms with Gasteiger partial charge in [-0.05, 0) is 34.0 Å². The molecule has 0 bridgehead atoms. The molecule has 148 valence electrons. The van der Waals surface area contributed by atoms with E-state index in [1.54, 1.807) is 7.11 Å². The standard InChI is InChI=1S/C27H23NO2/c1-30-25-14-8-7-13-22(25)23-17-26(29)28(18-19-9-3-2-4-10-19)24-16-15-20-11-5-6-12-21(20)27(23)24/h2-16,23H,17-18H2,1H3. The van der Waals surface area contributed by atoms with Crippen LogP contribution in [0.5, 0.6) is 5.75 Å². The Morgan fingerprint density at radius 1 is 0.867 bits per heavy atom. The van der Waals surface area contributed by atoms with E-state index in [-0.39, 0.29) is 11.8 Å². The molecule has 30 heavy (non-hydrogen) atoms. The molecular formula is C27H23NO2. The number of carbonyl (C=O) groups is 1. The predicted octanol–water partition coefficient (Wildman–Crippen LogP) is 5.92. The van der Waals surface area contributed by atoms with Gasteiger partial charge in [0.15, 0.2) is 0 Å². The number of anilines is 1. The molecule has 3 heteroatoms. The molecule has 5 rings (SSSR count). The number of hydrogen-bond donors (Lipinski definition) is 0. The van der Waals surface area contributed by atoms with Crippen LogP contribution in [0.15, 0.2) is 91.0 Å². The molecule has 0 saturated carbocycles. The molecular weight excluding hydrogens is 370 g/mol. The maximum absolute atomic E-state index is 13.4. The summed E-state index contributed by atoms with van der Waals surface area (Å²) in [5, 5.41) is 2.38. The molecule has 1 amide bonds. The summed E-state index contributed by atoms with van der Waals surface area (Å²) in [6, 6.07) is 30.8. The molecule has 4 aromatic carbocycles. The Kier molecular flexibility index (Phi) is 4.72. The van der Waals surface area contributed by atoms with Crippen molar-refractivity contribution in [3.8, 4) is 5.75 Å². The first-order valence-electron chi connectivity index (χ1n) is 10.2. The van der Waals surface area contributed by atoms with Gasteiger partial charge in [0.1, 0.15) is 5.75 Å². The van der Waals surface area contributed by atoms with E-state index < -0.39 is 0 Å². The van der Waals surface area contributed by atoms with Crippen LogP contribution in [0.4, 0.5) is 5.69 Å². The van der Waals surface area contributed by atoms with Crippen molar-refractivity contribution in [1.82, 2.24) is 0 Å². The molecule has 0 spiro atoms. The van der Waals surface area contributed by atoms with Gasteiger partial charge >= 0.3 is 0 Å². The molecule has 3 nitrogen and oxygen atoms in total. The summed E-state index contributed by atoms with van der Waals surface area (Å²) in [5.41, 5.74) is 4.38. The lowest BCUT2D eigenvalue weighted by Gasteiger charge is -2.36. The first-order valence-corrected chi connectivity index (χ1v) is 10.2. The molecule has 1 heterocycles. The van der Waals surface area contributed by atoms with E-state index in [1.807, 2.05) is 41.3 Å². The Hall–Kier alpha value is -3.59.